The van der Waals surface area contributed by atoms with Crippen LogP contribution in [0.5, 0.6) is 0 Å². The maximum absolute atomic E-state index is 10.9. The lowest BCUT2D eigenvalue weighted by Crippen LogP contribution is -2.40. The van der Waals surface area contributed by atoms with Crippen LogP contribution in [0.4, 0.5) is 0 Å². The van der Waals surface area contributed by atoms with Gasteiger partial charge in [-0.1, -0.05) is 6.92 Å². The first-order valence-electron chi connectivity index (χ1n) is 5.95. The van der Waals surface area contributed by atoms with Crippen molar-refractivity contribution in [1.82, 2.24) is 10.6 Å². The molecule has 0 aromatic rings. The van der Waals surface area contributed by atoms with E-state index in [0.29, 0.717) is 25.8 Å². The lowest BCUT2D eigenvalue weighted by molar-refractivity contribution is -0.139. The van der Waals surface area contributed by atoms with Crippen LogP contribution in [-0.4, -0.2) is 42.7 Å². The Bertz CT molecular complexity index is 246. The zero-order valence-corrected chi connectivity index (χ0v) is 10.5. The monoisotopic (exact) mass is 245 g/mol. The zero-order valence-electron chi connectivity index (χ0n) is 10.5. The minimum atomic E-state index is -0.849. The fraction of sp³-hybridized carbons (Fsp3) is 0.818. The van der Waals surface area contributed by atoms with Gasteiger partial charge < -0.3 is 21.5 Å². The SMILES string of the molecule is CCCNC(CCCC(NC)C(N)=O)C(=O)O. The van der Waals surface area contributed by atoms with Crippen molar-refractivity contribution < 1.29 is 14.7 Å². The maximum Gasteiger partial charge on any atom is 0.320 e. The van der Waals surface area contributed by atoms with Crippen LogP contribution in [-0.2, 0) is 9.59 Å². The second kappa shape index (κ2) is 8.95. The van der Waals surface area contributed by atoms with Gasteiger partial charge in [-0.2, -0.15) is 0 Å². The van der Waals surface area contributed by atoms with Crippen LogP contribution in [0.15, 0.2) is 0 Å². The Morgan fingerprint density at radius 3 is 2.29 bits per heavy atom. The van der Waals surface area contributed by atoms with Gasteiger partial charge in [-0.05, 0) is 39.3 Å². The van der Waals surface area contributed by atoms with Gasteiger partial charge in [0.15, 0.2) is 0 Å². The van der Waals surface area contributed by atoms with E-state index in [9.17, 15) is 9.59 Å². The highest BCUT2D eigenvalue weighted by Gasteiger charge is 2.18. The average Bonchev–Trinajstić information content (AvgIpc) is 2.27. The van der Waals surface area contributed by atoms with Crippen LogP contribution in [0.2, 0.25) is 0 Å². The van der Waals surface area contributed by atoms with Gasteiger partial charge in [-0.25, -0.2) is 0 Å². The molecule has 2 unspecified atom stereocenters. The van der Waals surface area contributed by atoms with Crippen molar-refractivity contribution in [3.63, 3.8) is 0 Å². The van der Waals surface area contributed by atoms with E-state index in [4.69, 9.17) is 10.8 Å². The number of rotatable bonds is 10. The molecule has 0 aliphatic rings. The molecule has 100 valence electrons. The fourth-order valence-electron chi connectivity index (χ4n) is 1.59. The molecule has 6 nitrogen and oxygen atoms in total. The summed E-state index contributed by atoms with van der Waals surface area (Å²) in [6.07, 6.45) is 2.59. The molecular weight excluding hydrogens is 222 g/mol. The Morgan fingerprint density at radius 2 is 1.88 bits per heavy atom. The molecule has 2 atom stereocenters. The predicted octanol–water partition coefficient (Wildman–Crippen LogP) is -0.317. The fourth-order valence-corrected chi connectivity index (χ4v) is 1.59. The third-order valence-corrected chi connectivity index (χ3v) is 2.62. The molecule has 0 fully saturated rings. The molecule has 0 saturated carbocycles. The van der Waals surface area contributed by atoms with E-state index in [1.165, 1.54) is 0 Å². The van der Waals surface area contributed by atoms with Gasteiger partial charge in [-0.15, -0.1) is 0 Å². The number of carbonyl (C=O) groups excluding carboxylic acids is 1. The van der Waals surface area contributed by atoms with Gasteiger partial charge in [0.1, 0.15) is 6.04 Å². The lowest BCUT2D eigenvalue weighted by atomic mass is 10.0. The number of hydrogen-bond acceptors (Lipinski definition) is 4. The molecule has 0 radical (unpaired) electrons. The highest BCUT2D eigenvalue weighted by atomic mass is 16.4. The number of primary amides is 1. The Balaban J connectivity index is 3.96. The van der Waals surface area contributed by atoms with Gasteiger partial charge in [0, 0.05) is 0 Å². The van der Waals surface area contributed by atoms with Crippen LogP contribution >= 0.6 is 0 Å². The Labute approximate surface area is 102 Å². The van der Waals surface area contributed by atoms with E-state index < -0.39 is 17.9 Å². The van der Waals surface area contributed by atoms with E-state index >= 15 is 0 Å². The molecule has 0 saturated heterocycles. The predicted molar refractivity (Wildman–Crippen MR) is 65.6 cm³/mol. The van der Waals surface area contributed by atoms with E-state index in [1.807, 2.05) is 6.92 Å². The van der Waals surface area contributed by atoms with Crippen LogP contribution < -0.4 is 16.4 Å². The number of carboxylic acid groups (broad SMARTS) is 1. The van der Waals surface area contributed by atoms with Crippen molar-refractivity contribution in [1.29, 1.82) is 0 Å². The minimum Gasteiger partial charge on any atom is -0.480 e. The molecular formula is C11H23N3O3. The smallest absolute Gasteiger partial charge is 0.320 e. The summed E-state index contributed by atoms with van der Waals surface area (Å²) < 4.78 is 0. The van der Waals surface area contributed by atoms with Crippen molar-refractivity contribution >= 4 is 11.9 Å². The first kappa shape index (κ1) is 15.9. The Morgan fingerprint density at radius 1 is 1.29 bits per heavy atom. The first-order chi connectivity index (χ1) is 8.02. The summed E-state index contributed by atoms with van der Waals surface area (Å²) >= 11 is 0. The third-order valence-electron chi connectivity index (χ3n) is 2.62. The molecule has 6 heteroatoms. The van der Waals surface area contributed by atoms with Crippen LogP contribution in [0.3, 0.4) is 0 Å². The van der Waals surface area contributed by atoms with Crippen molar-refractivity contribution in [2.24, 2.45) is 5.73 Å². The topological polar surface area (TPSA) is 104 Å². The molecule has 17 heavy (non-hydrogen) atoms. The van der Waals surface area contributed by atoms with Crippen LogP contribution in [0.1, 0.15) is 32.6 Å². The van der Waals surface area contributed by atoms with E-state index in [2.05, 4.69) is 10.6 Å². The van der Waals surface area contributed by atoms with E-state index in [-0.39, 0.29) is 6.04 Å². The highest BCUT2D eigenvalue weighted by molar-refractivity contribution is 5.79. The number of likely N-dealkylation sites (N-methyl/N-ethyl adjacent to an activating group) is 1. The van der Waals surface area contributed by atoms with Gasteiger partial charge >= 0.3 is 5.97 Å². The number of aliphatic carboxylic acids is 1. The summed E-state index contributed by atoms with van der Waals surface area (Å²) in [4.78, 5) is 21.9. The average molecular weight is 245 g/mol. The van der Waals surface area contributed by atoms with Crippen molar-refractivity contribution in [3.8, 4) is 0 Å². The quantitative estimate of drug-likeness (QED) is 0.422. The lowest BCUT2D eigenvalue weighted by Gasteiger charge is -2.16. The minimum absolute atomic E-state index is 0.379. The second-order valence-corrected chi connectivity index (χ2v) is 4.02. The third kappa shape index (κ3) is 6.91. The van der Waals surface area contributed by atoms with Crippen LogP contribution in [0.25, 0.3) is 0 Å². The summed E-state index contributed by atoms with van der Waals surface area (Å²) in [5.74, 6) is -1.25. The highest BCUT2D eigenvalue weighted by Crippen LogP contribution is 2.05. The van der Waals surface area contributed by atoms with Crippen molar-refractivity contribution in [3.05, 3.63) is 0 Å². The molecule has 5 N–H and O–H groups in total. The summed E-state index contributed by atoms with van der Waals surface area (Å²) in [5, 5.41) is 14.7. The summed E-state index contributed by atoms with van der Waals surface area (Å²) in [7, 11) is 1.67. The zero-order chi connectivity index (χ0) is 13.3. The molecule has 0 heterocycles. The number of carboxylic acids is 1. The number of nitrogens with two attached hydrogens (primary N) is 1. The van der Waals surface area contributed by atoms with Crippen LogP contribution in [0, 0.1) is 0 Å². The van der Waals surface area contributed by atoms with Gasteiger partial charge in [-0.3, -0.25) is 9.59 Å². The normalized spacial score (nSPS) is 14.2. The van der Waals surface area contributed by atoms with Gasteiger partial charge in [0.05, 0.1) is 6.04 Å². The van der Waals surface area contributed by atoms with E-state index in [0.717, 1.165) is 6.42 Å². The summed E-state index contributed by atoms with van der Waals surface area (Å²) in [6.45, 7) is 2.66. The molecule has 0 spiro atoms. The number of amides is 1. The molecule has 0 bridgehead atoms. The summed E-state index contributed by atoms with van der Waals surface area (Å²) in [6, 6.07) is -0.920. The Hall–Kier alpha value is -1.14. The molecule has 0 aromatic carbocycles. The molecule has 0 aromatic heterocycles. The largest absolute Gasteiger partial charge is 0.480 e. The molecule has 0 aliphatic carbocycles. The van der Waals surface area contributed by atoms with Crippen molar-refractivity contribution in [2.45, 2.75) is 44.7 Å². The van der Waals surface area contributed by atoms with E-state index in [1.54, 1.807) is 7.05 Å². The molecule has 1 amide bonds. The second-order valence-electron chi connectivity index (χ2n) is 4.02. The molecule has 0 rings (SSSR count). The van der Waals surface area contributed by atoms with Gasteiger partial charge in [0.2, 0.25) is 5.91 Å². The number of hydrogen-bond donors (Lipinski definition) is 4. The van der Waals surface area contributed by atoms with Gasteiger partial charge in [0.25, 0.3) is 0 Å². The van der Waals surface area contributed by atoms with Crippen molar-refractivity contribution in [2.75, 3.05) is 13.6 Å². The maximum atomic E-state index is 10.9. The first-order valence-corrected chi connectivity index (χ1v) is 5.95. The number of nitrogens with one attached hydrogen (secondary N) is 2. The molecule has 0 aliphatic heterocycles. The summed E-state index contributed by atoms with van der Waals surface area (Å²) in [5.41, 5.74) is 5.17. The standard InChI is InChI=1S/C11H23N3O3/c1-3-7-14-9(11(16)17)6-4-5-8(13-2)10(12)15/h8-9,13-14H,3-7H2,1-2H3,(H2,12,15)(H,16,17). The number of carbonyl (C=O) groups is 2. The Kier molecular flexibility index (Phi) is 8.35.